The number of aromatic nitrogens is 1. The number of fused-ring (bicyclic) bond motifs is 2. The maximum atomic E-state index is 12.0. The molecule has 1 aliphatic heterocycles. The first-order chi connectivity index (χ1) is 10.7. The summed E-state index contributed by atoms with van der Waals surface area (Å²) in [6.07, 6.45) is 3.68. The molecule has 0 radical (unpaired) electrons. The summed E-state index contributed by atoms with van der Waals surface area (Å²) < 4.78 is 0. The summed E-state index contributed by atoms with van der Waals surface area (Å²) in [5.74, 6) is -0.704. The number of imide groups is 1. The Labute approximate surface area is 126 Å². The third-order valence-corrected chi connectivity index (χ3v) is 3.98. The van der Waals surface area contributed by atoms with Crippen LogP contribution in [0, 0.1) is 0 Å². The lowest BCUT2D eigenvalue weighted by Gasteiger charge is -2.08. The summed E-state index contributed by atoms with van der Waals surface area (Å²) in [4.78, 5) is 27.8. The van der Waals surface area contributed by atoms with Crippen LogP contribution < -0.4 is 5.32 Å². The van der Waals surface area contributed by atoms with Gasteiger partial charge in [-0.25, -0.2) is 0 Å². The van der Waals surface area contributed by atoms with Crippen LogP contribution in [0.5, 0.6) is 0 Å². The molecule has 106 valence electrons. The van der Waals surface area contributed by atoms with Crippen molar-refractivity contribution in [2.24, 2.45) is 0 Å². The van der Waals surface area contributed by atoms with E-state index in [1.165, 1.54) is 6.20 Å². The van der Waals surface area contributed by atoms with E-state index < -0.39 is 0 Å². The molecule has 2 aromatic carbocycles. The maximum Gasteiger partial charge on any atom is 0.260 e. The molecule has 0 spiro atoms. The molecular formula is C18H12N2O2. The Hall–Kier alpha value is -3.01. The molecule has 22 heavy (non-hydrogen) atoms. The summed E-state index contributed by atoms with van der Waals surface area (Å²) in [5.41, 5.74) is 2.70. The summed E-state index contributed by atoms with van der Waals surface area (Å²) in [7, 11) is 0. The van der Waals surface area contributed by atoms with Gasteiger partial charge in [0, 0.05) is 18.8 Å². The largest absolute Gasteiger partial charge is 0.288 e. The summed E-state index contributed by atoms with van der Waals surface area (Å²) >= 11 is 0. The molecule has 2 amide bonds. The lowest BCUT2D eigenvalue weighted by atomic mass is 9.96. The molecule has 0 saturated carbocycles. The molecule has 3 aromatic rings. The molecule has 1 aromatic heterocycles. The van der Waals surface area contributed by atoms with Crippen molar-refractivity contribution in [3.63, 3.8) is 0 Å². The lowest BCUT2D eigenvalue weighted by Crippen LogP contribution is -2.20. The van der Waals surface area contributed by atoms with Gasteiger partial charge in [-0.2, -0.15) is 0 Å². The minimum absolute atomic E-state index is 0.336. The zero-order chi connectivity index (χ0) is 15.1. The van der Waals surface area contributed by atoms with E-state index in [9.17, 15) is 9.59 Å². The number of hydrogen-bond acceptors (Lipinski definition) is 3. The molecule has 1 aliphatic rings. The molecule has 0 saturated heterocycles. The highest BCUT2D eigenvalue weighted by atomic mass is 16.2. The van der Waals surface area contributed by atoms with Crippen LogP contribution in [-0.2, 0) is 6.42 Å². The van der Waals surface area contributed by atoms with Crippen LogP contribution in [0.3, 0.4) is 0 Å². The third-order valence-electron chi connectivity index (χ3n) is 3.98. The Morgan fingerprint density at radius 2 is 1.68 bits per heavy atom. The average Bonchev–Trinajstić information content (AvgIpc) is 2.83. The number of nitrogens with zero attached hydrogens (tertiary/aromatic N) is 1. The molecule has 0 atom stereocenters. The summed E-state index contributed by atoms with van der Waals surface area (Å²) in [5, 5.41) is 4.63. The molecule has 2 heterocycles. The second-order valence-corrected chi connectivity index (χ2v) is 5.32. The van der Waals surface area contributed by atoms with Crippen molar-refractivity contribution in [2.45, 2.75) is 6.42 Å². The number of pyridine rings is 1. The number of amides is 2. The number of carbonyl (C=O) groups excluding carboxylic acids is 2. The normalized spacial score (nSPS) is 13.3. The van der Waals surface area contributed by atoms with E-state index in [4.69, 9.17) is 0 Å². The zero-order valence-electron chi connectivity index (χ0n) is 11.7. The van der Waals surface area contributed by atoms with E-state index in [1.54, 1.807) is 6.20 Å². The number of hydrogen-bond donors (Lipinski definition) is 1. The smallest absolute Gasteiger partial charge is 0.260 e. The first-order valence-electron chi connectivity index (χ1n) is 7.03. The second-order valence-electron chi connectivity index (χ2n) is 5.32. The van der Waals surface area contributed by atoms with Crippen LogP contribution in [0.4, 0.5) is 0 Å². The van der Waals surface area contributed by atoms with E-state index in [0.29, 0.717) is 17.5 Å². The number of carbonyl (C=O) groups is 2. The second kappa shape index (κ2) is 4.77. The van der Waals surface area contributed by atoms with Crippen molar-refractivity contribution >= 4 is 22.6 Å². The number of rotatable bonds is 2. The number of nitrogens with one attached hydrogen (secondary N) is 1. The highest BCUT2D eigenvalue weighted by Crippen LogP contribution is 2.25. The van der Waals surface area contributed by atoms with E-state index in [1.807, 2.05) is 24.3 Å². The van der Waals surface area contributed by atoms with Crippen molar-refractivity contribution in [2.75, 3.05) is 0 Å². The fraction of sp³-hybridized carbons (Fsp3) is 0.0556. The van der Waals surface area contributed by atoms with Gasteiger partial charge in [-0.1, -0.05) is 42.5 Å². The fourth-order valence-corrected chi connectivity index (χ4v) is 2.96. The van der Waals surface area contributed by atoms with E-state index >= 15 is 0 Å². The van der Waals surface area contributed by atoms with Crippen LogP contribution in [0.2, 0.25) is 0 Å². The standard InChI is InChI=1S/C18H12N2O2/c21-17-15-10-19-9-13(16(15)18(22)20-17)8-12-6-3-5-11-4-1-2-7-14(11)12/h1-7,9-10H,8H2,(H,20,21,22). The SMILES string of the molecule is O=C1NC(=O)c2c(Cc3cccc4ccccc34)cncc21. The van der Waals surface area contributed by atoms with Crippen molar-refractivity contribution in [1.29, 1.82) is 0 Å². The Bertz CT molecular complexity index is 926. The van der Waals surface area contributed by atoms with Gasteiger partial charge in [0.15, 0.2) is 0 Å². The third kappa shape index (κ3) is 1.89. The Morgan fingerprint density at radius 1 is 0.864 bits per heavy atom. The maximum absolute atomic E-state index is 12.0. The summed E-state index contributed by atoms with van der Waals surface area (Å²) in [6, 6.07) is 14.2. The van der Waals surface area contributed by atoms with Gasteiger partial charge in [0.1, 0.15) is 0 Å². The van der Waals surface area contributed by atoms with Gasteiger partial charge in [0.25, 0.3) is 11.8 Å². The summed E-state index contributed by atoms with van der Waals surface area (Å²) in [6.45, 7) is 0. The highest BCUT2D eigenvalue weighted by Gasteiger charge is 2.29. The fourth-order valence-electron chi connectivity index (χ4n) is 2.96. The predicted octanol–water partition coefficient (Wildman–Crippen LogP) is 2.71. The molecule has 0 unspecified atom stereocenters. The van der Waals surface area contributed by atoms with Crippen molar-refractivity contribution in [3.8, 4) is 0 Å². The highest BCUT2D eigenvalue weighted by molar-refractivity contribution is 6.22. The van der Waals surface area contributed by atoms with E-state index in [-0.39, 0.29) is 11.8 Å². The lowest BCUT2D eigenvalue weighted by molar-refractivity contribution is 0.0879. The van der Waals surface area contributed by atoms with E-state index in [2.05, 4.69) is 28.5 Å². The molecule has 4 nitrogen and oxygen atoms in total. The topological polar surface area (TPSA) is 59.1 Å². The Morgan fingerprint density at radius 3 is 2.59 bits per heavy atom. The van der Waals surface area contributed by atoms with Gasteiger partial charge in [-0.15, -0.1) is 0 Å². The Kier molecular flexibility index (Phi) is 2.76. The van der Waals surface area contributed by atoms with Crippen LogP contribution in [0.15, 0.2) is 54.9 Å². The van der Waals surface area contributed by atoms with Crippen LogP contribution in [0.1, 0.15) is 31.8 Å². The van der Waals surface area contributed by atoms with Crippen LogP contribution in [-0.4, -0.2) is 16.8 Å². The quantitative estimate of drug-likeness (QED) is 0.738. The van der Waals surface area contributed by atoms with Crippen molar-refractivity contribution < 1.29 is 9.59 Å². The van der Waals surface area contributed by atoms with Crippen molar-refractivity contribution in [1.82, 2.24) is 10.3 Å². The van der Waals surface area contributed by atoms with Crippen LogP contribution >= 0.6 is 0 Å². The average molecular weight is 288 g/mol. The molecule has 4 heteroatoms. The molecular weight excluding hydrogens is 276 g/mol. The molecule has 0 fully saturated rings. The van der Waals surface area contributed by atoms with E-state index in [0.717, 1.165) is 21.9 Å². The first kappa shape index (κ1) is 12.7. The zero-order valence-corrected chi connectivity index (χ0v) is 11.7. The minimum atomic E-state index is -0.368. The molecule has 0 bridgehead atoms. The minimum Gasteiger partial charge on any atom is -0.288 e. The molecule has 4 rings (SSSR count). The first-order valence-corrected chi connectivity index (χ1v) is 7.03. The van der Waals surface area contributed by atoms with Gasteiger partial charge in [0.05, 0.1) is 11.1 Å². The molecule has 0 aliphatic carbocycles. The van der Waals surface area contributed by atoms with Crippen molar-refractivity contribution in [3.05, 3.63) is 77.1 Å². The van der Waals surface area contributed by atoms with Gasteiger partial charge < -0.3 is 0 Å². The van der Waals surface area contributed by atoms with Gasteiger partial charge in [0.2, 0.25) is 0 Å². The monoisotopic (exact) mass is 288 g/mol. The number of benzene rings is 2. The van der Waals surface area contributed by atoms with Gasteiger partial charge in [-0.3, -0.25) is 19.9 Å². The predicted molar refractivity (Wildman–Crippen MR) is 82.8 cm³/mol. The molecule has 1 N–H and O–H groups in total. The van der Waals surface area contributed by atoms with Gasteiger partial charge in [-0.05, 0) is 21.9 Å². The van der Waals surface area contributed by atoms with Gasteiger partial charge >= 0.3 is 0 Å². The van der Waals surface area contributed by atoms with Crippen LogP contribution in [0.25, 0.3) is 10.8 Å². The Balaban J connectivity index is 1.85.